The van der Waals surface area contributed by atoms with Gasteiger partial charge in [0.15, 0.2) is 0 Å². The van der Waals surface area contributed by atoms with Crippen LogP contribution in [0.1, 0.15) is 13.3 Å². The van der Waals surface area contributed by atoms with Crippen LogP contribution in [0.2, 0.25) is 0 Å². The topological polar surface area (TPSA) is 36.8 Å². The summed E-state index contributed by atoms with van der Waals surface area (Å²) >= 11 is 0. The first kappa shape index (κ1) is 7.14. The van der Waals surface area contributed by atoms with E-state index in [1.54, 1.807) is 13.3 Å². The molecule has 0 heterocycles. The van der Waals surface area contributed by atoms with Gasteiger partial charge in [-0.25, -0.2) is 0 Å². The zero-order valence-corrected chi connectivity index (χ0v) is 5.26. The predicted molar refractivity (Wildman–Crippen MR) is 36.3 cm³/mol. The Hall–Kier alpha value is -0.860. The molecule has 0 aliphatic heterocycles. The molecule has 0 aliphatic rings. The van der Waals surface area contributed by atoms with Gasteiger partial charge in [0.1, 0.15) is 6.34 Å². The highest BCUT2D eigenvalue weighted by atomic mass is 15.3. The highest BCUT2D eigenvalue weighted by Crippen LogP contribution is 1.62. The monoisotopic (exact) mass is 113 g/mol. The van der Waals surface area contributed by atoms with E-state index in [2.05, 4.69) is 15.5 Å². The minimum absolute atomic E-state index is 0.949. The lowest BCUT2D eigenvalue weighted by Gasteiger charge is -1.83. The van der Waals surface area contributed by atoms with Gasteiger partial charge in [-0.05, 0) is 6.42 Å². The van der Waals surface area contributed by atoms with Crippen molar-refractivity contribution in [3.05, 3.63) is 0 Å². The number of nitrogens with one attached hydrogen (secondary N) is 1. The van der Waals surface area contributed by atoms with E-state index in [-0.39, 0.29) is 0 Å². The molecular weight excluding hydrogens is 102 g/mol. The van der Waals surface area contributed by atoms with Crippen LogP contribution in [0.15, 0.2) is 10.1 Å². The molecule has 0 bridgehead atoms. The first-order chi connectivity index (χ1) is 3.91. The summed E-state index contributed by atoms with van der Waals surface area (Å²) in [6, 6.07) is 0. The molecular formula is C5H11N3. The van der Waals surface area contributed by atoms with E-state index in [0.29, 0.717) is 0 Å². The number of aliphatic imine (C=N–C) groups is 1. The molecule has 0 radical (unpaired) electrons. The van der Waals surface area contributed by atoms with Crippen molar-refractivity contribution in [3.63, 3.8) is 0 Å². The quantitative estimate of drug-likeness (QED) is 0.325. The SMILES string of the molecule is CC/C=N/NC=NC. The molecule has 0 saturated heterocycles. The molecule has 8 heavy (non-hydrogen) atoms. The van der Waals surface area contributed by atoms with Crippen LogP contribution in [0.5, 0.6) is 0 Å². The molecule has 3 heteroatoms. The van der Waals surface area contributed by atoms with Crippen molar-refractivity contribution >= 4 is 12.6 Å². The van der Waals surface area contributed by atoms with Crippen LogP contribution in [0, 0.1) is 0 Å². The largest absolute Gasteiger partial charge is 0.277 e. The van der Waals surface area contributed by atoms with Gasteiger partial charge in [0.05, 0.1) is 0 Å². The molecule has 0 unspecified atom stereocenters. The summed E-state index contributed by atoms with van der Waals surface area (Å²) in [6.07, 6.45) is 4.26. The van der Waals surface area contributed by atoms with Gasteiger partial charge < -0.3 is 0 Å². The van der Waals surface area contributed by atoms with Crippen LogP contribution in [0.3, 0.4) is 0 Å². The smallest absolute Gasteiger partial charge is 0.103 e. The summed E-state index contributed by atoms with van der Waals surface area (Å²) in [5.41, 5.74) is 2.61. The highest BCUT2D eigenvalue weighted by molar-refractivity contribution is 5.60. The molecule has 0 spiro atoms. The van der Waals surface area contributed by atoms with E-state index < -0.39 is 0 Å². The van der Waals surface area contributed by atoms with E-state index >= 15 is 0 Å². The summed E-state index contributed by atoms with van der Waals surface area (Å²) in [7, 11) is 1.69. The van der Waals surface area contributed by atoms with Crippen molar-refractivity contribution in [3.8, 4) is 0 Å². The molecule has 0 fully saturated rings. The molecule has 1 N–H and O–H groups in total. The lowest BCUT2D eigenvalue weighted by molar-refractivity contribution is 1.04. The van der Waals surface area contributed by atoms with Gasteiger partial charge >= 0.3 is 0 Å². The van der Waals surface area contributed by atoms with Crippen molar-refractivity contribution in [2.75, 3.05) is 7.05 Å². The summed E-state index contributed by atoms with van der Waals surface area (Å²) in [6.45, 7) is 2.02. The van der Waals surface area contributed by atoms with Crippen LogP contribution >= 0.6 is 0 Å². The maximum Gasteiger partial charge on any atom is 0.103 e. The lowest BCUT2D eigenvalue weighted by atomic mass is 10.6. The first-order valence-corrected chi connectivity index (χ1v) is 2.59. The van der Waals surface area contributed by atoms with E-state index in [9.17, 15) is 0 Å². The Bertz CT molecular complexity index is 85.7. The maximum absolute atomic E-state index is 3.76. The Morgan fingerprint density at radius 3 is 2.88 bits per heavy atom. The lowest BCUT2D eigenvalue weighted by Crippen LogP contribution is -2.00. The van der Waals surface area contributed by atoms with Crippen molar-refractivity contribution in [2.45, 2.75) is 13.3 Å². The first-order valence-electron chi connectivity index (χ1n) is 2.59. The molecule has 0 rings (SSSR count). The molecule has 0 aromatic heterocycles. The number of hydrogen-bond donors (Lipinski definition) is 1. The van der Waals surface area contributed by atoms with Crippen molar-refractivity contribution in [2.24, 2.45) is 10.1 Å². The van der Waals surface area contributed by atoms with Gasteiger partial charge in [-0.1, -0.05) is 6.92 Å². The molecule has 0 aromatic carbocycles. The van der Waals surface area contributed by atoms with Gasteiger partial charge in [0.25, 0.3) is 0 Å². The van der Waals surface area contributed by atoms with Crippen LogP contribution < -0.4 is 5.43 Å². The number of rotatable bonds is 3. The van der Waals surface area contributed by atoms with Crippen LogP contribution in [-0.2, 0) is 0 Å². The summed E-state index contributed by atoms with van der Waals surface area (Å²) in [4.78, 5) is 3.66. The number of nitrogens with zero attached hydrogens (tertiary/aromatic N) is 2. The second-order valence-corrected chi connectivity index (χ2v) is 1.24. The summed E-state index contributed by atoms with van der Waals surface area (Å²) < 4.78 is 0. The van der Waals surface area contributed by atoms with Crippen LogP contribution in [0.4, 0.5) is 0 Å². The fourth-order valence-corrected chi connectivity index (χ4v) is 0.235. The van der Waals surface area contributed by atoms with Crippen LogP contribution in [-0.4, -0.2) is 19.6 Å². The minimum Gasteiger partial charge on any atom is -0.277 e. The molecule has 3 nitrogen and oxygen atoms in total. The zero-order chi connectivity index (χ0) is 6.24. The molecule has 0 aromatic rings. The van der Waals surface area contributed by atoms with Crippen molar-refractivity contribution in [1.82, 2.24) is 5.43 Å². The molecule has 0 amide bonds. The van der Waals surface area contributed by atoms with Gasteiger partial charge in [0, 0.05) is 13.3 Å². The zero-order valence-electron chi connectivity index (χ0n) is 5.26. The van der Waals surface area contributed by atoms with E-state index in [1.165, 1.54) is 6.34 Å². The average molecular weight is 113 g/mol. The Labute approximate surface area is 49.5 Å². The Morgan fingerprint density at radius 2 is 2.38 bits per heavy atom. The molecule has 0 saturated carbocycles. The number of hydrazone groups is 1. The standard InChI is InChI=1S/C5H11N3/c1-3-4-7-8-5-6-2/h4-5H,3H2,1-2H3,(H,6,8)/b7-4+. The third kappa shape index (κ3) is 5.14. The van der Waals surface area contributed by atoms with Crippen LogP contribution in [0.25, 0.3) is 0 Å². The molecule has 46 valence electrons. The van der Waals surface area contributed by atoms with Gasteiger partial charge in [-0.3, -0.25) is 10.4 Å². The molecule has 0 aliphatic carbocycles. The van der Waals surface area contributed by atoms with E-state index in [4.69, 9.17) is 0 Å². The Balaban J connectivity index is 3.03. The maximum atomic E-state index is 3.76. The van der Waals surface area contributed by atoms with Crippen molar-refractivity contribution < 1.29 is 0 Å². The normalized spacial score (nSPS) is 11.2. The summed E-state index contributed by atoms with van der Waals surface area (Å²) in [5.74, 6) is 0. The minimum atomic E-state index is 0.949. The third-order valence-electron chi connectivity index (χ3n) is 0.535. The summed E-state index contributed by atoms with van der Waals surface area (Å²) in [5, 5.41) is 3.76. The highest BCUT2D eigenvalue weighted by Gasteiger charge is 1.62. The second kappa shape index (κ2) is 6.14. The molecule has 0 atom stereocenters. The fraction of sp³-hybridized carbons (Fsp3) is 0.600. The van der Waals surface area contributed by atoms with E-state index in [1.807, 2.05) is 6.92 Å². The fourth-order valence-electron chi connectivity index (χ4n) is 0.235. The van der Waals surface area contributed by atoms with Crippen molar-refractivity contribution in [1.29, 1.82) is 0 Å². The third-order valence-corrected chi connectivity index (χ3v) is 0.535. The second-order valence-electron chi connectivity index (χ2n) is 1.24. The predicted octanol–water partition coefficient (Wildman–Crippen LogP) is 0.630. The van der Waals surface area contributed by atoms with Gasteiger partial charge in [-0.2, -0.15) is 5.10 Å². The van der Waals surface area contributed by atoms with Gasteiger partial charge in [0.2, 0.25) is 0 Å². The Morgan fingerprint density at radius 1 is 1.62 bits per heavy atom. The van der Waals surface area contributed by atoms with E-state index in [0.717, 1.165) is 6.42 Å². The van der Waals surface area contributed by atoms with Gasteiger partial charge in [-0.15, -0.1) is 0 Å². The average Bonchev–Trinajstić information content (AvgIpc) is 1.81. The Kier molecular flexibility index (Phi) is 5.48. The number of hydrogen-bond acceptors (Lipinski definition) is 2.